The summed E-state index contributed by atoms with van der Waals surface area (Å²) in [6.07, 6.45) is 6.50. The molecule has 0 spiro atoms. The van der Waals surface area contributed by atoms with Gasteiger partial charge in [0.1, 0.15) is 0 Å². The zero-order valence-corrected chi connectivity index (χ0v) is 9.98. The second-order valence-electron chi connectivity index (χ2n) is 3.10. The molecule has 0 atom stereocenters. The predicted octanol–water partition coefficient (Wildman–Crippen LogP) is 3.80. The van der Waals surface area contributed by atoms with Crippen molar-refractivity contribution in [3.63, 3.8) is 0 Å². The Balaban J connectivity index is 0.000000791. The molecule has 0 saturated heterocycles. The molecule has 0 aromatic carbocycles. The summed E-state index contributed by atoms with van der Waals surface area (Å²) in [6.45, 7) is 13.1. The minimum absolute atomic E-state index is 1.09. The topological polar surface area (TPSA) is 12.0 Å². The summed E-state index contributed by atoms with van der Waals surface area (Å²) in [6, 6.07) is 0. The van der Waals surface area contributed by atoms with Gasteiger partial charge >= 0.3 is 0 Å². The normalized spacial score (nSPS) is 16.7. The molecule has 80 valence electrons. The van der Waals surface area contributed by atoms with Crippen LogP contribution in [0.3, 0.4) is 0 Å². The van der Waals surface area contributed by atoms with Crippen LogP contribution < -0.4 is 5.32 Å². The van der Waals surface area contributed by atoms with Crippen LogP contribution in [0, 0.1) is 0 Å². The van der Waals surface area contributed by atoms with Crippen molar-refractivity contribution >= 4 is 0 Å². The van der Waals surface area contributed by atoms with Gasteiger partial charge < -0.3 is 5.32 Å². The Morgan fingerprint density at radius 2 is 2.07 bits per heavy atom. The fourth-order valence-electron chi connectivity index (χ4n) is 1.51. The van der Waals surface area contributed by atoms with Gasteiger partial charge in [0.15, 0.2) is 0 Å². The van der Waals surface area contributed by atoms with E-state index in [1.165, 1.54) is 29.7 Å². The van der Waals surface area contributed by atoms with E-state index in [1.807, 2.05) is 19.9 Å². The van der Waals surface area contributed by atoms with Crippen molar-refractivity contribution in [3.05, 3.63) is 35.6 Å². The second-order valence-corrected chi connectivity index (χ2v) is 3.10. The summed E-state index contributed by atoms with van der Waals surface area (Å²) in [5, 5.41) is 3.35. The first kappa shape index (κ1) is 13.0. The van der Waals surface area contributed by atoms with Crippen LogP contribution >= 0.6 is 0 Å². The molecule has 1 rings (SSSR count). The SMILES string of the molecule is C=CC1=C(/C(C)=C\C)CCCN1.CC. The minimum atomic E-state index is 1.09. The highest BCUT2D eigenvalue weighted by atomic mass is 14.9. The van der Waals surface area contributed by atoms with Crippen LogP contribution in [0.1, 0.15) is 40.5 Å². The summed E-state index contributed by atoms with van der Waals surface area (Å²) in [7, 11) is 0. The lowest BCUT2D eigenvalue weighted by atomic mass is 9.97. The van der Waals surface area contributed by atoms with Crippen molar-refractivity contribution < 1.29 is 0 Å². The quantitative estimate of drug-likeness (QED) is 0.703. The summed E-state index contributed by atoms with van der Waals surface area (Å²) >= 11 is 0. The Labute approximate surface area is 88.6 Å². The minimum Gasteiger partial charge on any atom is -0.385 e. The van der Waals surface area contributed by atoms with Crippen molar-refractivity contribution in [2.75, 3.05) is 6.54 Å². The Morgan fingerprint density at radius 1 is 1.43 bits per heavy atom. The number of rotatable bonds is 2. The third kappa shape index (κ3) is 3.41. The van der Waals surface area contributed by atoms with Crippen LogP contribution in [0.4, 0.5) is 0 Å². The summed E-state index contributed by atoms with van der Waals surface area (Å²) in [5.74, 6) is 0. The summed E-state index contributed by atoms with van der Waals surface area (Å²) < 4.78 is 0. The van der Waals surface area contributed by atoms with E-state index >= 15 is 0 Å². The Morgan fingerprint density at radius 3 is 2.57 bits per heavy atom. The van der Waals surface area contributed by atoms with Crippen LogP contribution in [0.5, 0.6) is 0 Å². The number of hydrogen-bond donors (Lipinski definition) is 1. The van der Waals surface area contributed by atoms with Crippen LogP contribution in [-0.2, 0) is 0 Å². The van der Waals surface area contributed by atoms with Gasteiger partial charge in [-0.3, -0.25) is 0 Å². The molecule has 0 radical (unpaired) electrons. The van der Waals surface area contributed by atoms with Crippen LogP contribution in [0.2, 0.25) is 0 Å². The van der Waals surface area contributed by atoms with Crippen molar-refractivity contribution in [2.24, 2.45) is 0 Å². The smallest absolute Gasteiger partial charge is 0.0369 e. The first-order valence-electron chi connectivity index (χ1n) is 5.52. The van der Waals surface area contributed by atoms with Gasteiger partial charge in [0, 0.05) is 12.2 Å². The standard InChI is InChI=1S/C11H17N.C2H6/c1-4-9(3)10-7-6-8-12-11(10)5-2;1-2/h4-5,12H,2,6-8H2,1,3H3;1-2H3/b9-4-;. The van der Waals surface area contributed by atoms with Crippen molar-refractivity contribution in [1.82, 2.24) is 5.32 Å². The average Bonchev–Trinajstić information content (AvgIpc) is 2.30. The lowest BCUT2D eigenvalue weighted by Crippen LogP contribution is -2.20. The summed E-state index contributed by atoms with van der Waals surface area (Å²) in [4.78, 5) is 0. The van der Waals surface area contributed by atoms with E-state index in [2.05, 4.69) is 31.8 Å². The van der Waals surface area contributed by atoms with E-state index in [1.54, 1.807) is 0 Å². The van der Waals surface area contributed by atoms with Gasteiger partial charge in [-0.05, 0) is 38.3 Å². The number of allylic oxidation sites excluding steroid dienone is 4. The number of nitrogens with one attached hydrogen (secondary N) is 1. The fourth-order valence-corrected chi connectivity index (χ4v) is 1.51. The predicted molar refractivity (Wildman–Crippen MR) is 65.2 cm³/mol. The highest BCUT2D eigenvalue weighted by Crippen LogP contribution is 2.22. The molecule has 1 N–H and O–H groups in total. The van der Waals surface area contributed by atoms with E-state index in [0.29, 0.717) is 0 Å². The third-order valence-electron chi connectivity index (χ3n) is 2.36. The molecule has 14 heavy (non-hydrogen) atoms. The van der Waals surface area contributed by atoms with Gasteiger partial charge in [0.05, 0.1) is 0 Å². The van der Waals surface area contributed by atoms with Crippen molar-refractivity contribution in [2.45, 2.75) is 40.5 Å². The molecule has 0 aromatic heterocycles. The van der Waals surface area contributed by atoms with Crippen LogP contribution in [-0.4, -0.2) is 6.54 Å². The maximum absolute atomic E-state index is 3.80. The molecule has 0 bridgehead atoms. The molecule has 1 heterocycles. The van der Waals surface area contributed by atoms with E-state index < -0.39 is 0 Å². The molecule has 1 aliphatic rings. The van der Waals surface area contributed by atoms with Crippen molar-refractivity contribution in [1.29, 1.82) is 0 Å². The largest absolute Gasteiger partial charge is 0.385 e. The Hall–Kier alpha value is -0.980. The van der Waals surface area contributed by atoms with Crippen LogP contribution in [0.25, 0.3) is 0 Å². The summed E-state index contributed by atoms with van der Waals surface area (Å²) in [5.41, 5.74) is 4.02. The molecule has 1 aliphatic heterocycles. The monoisotopic (exact) mass is 193 g/mol. The molecule has 0 saturated carbocycles. The highest BCUT2D eigenvalue weighted by Gasteiger charge is 2.09. The van der Waals surface area contributed by atoms with Crippen LogP contribution in [0.15, 0.2) is 35.6 Å². The molecule has 1 heteroatoms. The number of hydrogen-bond acceptors (Lipinski definition) is 1. The first-order chi connectivity index (χ1) is 6.79. The van der Waals surface area contributed by atoms with E-state index in [-0.39, 0.29) is 0 Å². The van der Waals surface area contributed by atoms with Crippen molar-refractivity contribution in [3.8, 4) is 0 Å². The second kappa shape index (κ2) is 7.43. The Bertz CT molecular complexity index is 234. The van der Waals surface area contributed by atoms with E-state index in [4.69, 9.17) is 0 Å². The Kier molecular flexibility index (Phi) is 6.91. The molecule has 0 unspecified atom stereocenters. The van der Waals surface area contributed by atoms with E-state index in [0.717, 1.165) is 6.54 Å². The van der Waals surface area contributed by atoms with Gasteiger partial charge in [-0.2, -0.15) is 0 Å². The van der Waals surface area contributed by atoms with Gasteiger partial charge in [-0.25, -0.2) is 0 Å². The molecule has 0 fully saturated rings. The van der Waals surface area contributed by atoms with Gasteiger partial charge in [-0.1, -0.05) is 32.1 Å². The van der Waals surface area contributed by atoms with Gasteiger partial charge in [-0.15, -0.1) is 0 Å². The zero-order valence-electron chi connectivity index (χ0n) is 9.98. The highest BCUT2D eigenvalue weighted by molar-refractivity contribution is 5.38. The first-order valence-corrected chi connectivity index (χ1v) is 5.52. The molecular weight excluding hydrogens is 170 g/mol. The fraction of sp³-hybridized carbons (Fsp3) is 0.538. The molecule has 0 aromatic rings. The third-order valence-corrected chi connectivity index (χ3v) is 2.36. The maximum atomic E-state index is 3.80. The maximum Gasteiger partial charge on any atom is 0.0369 e. The zero-order chi connectivity index (χ0) is 11.0. The molecule has 0 amide bonds. The van der Waals surface area contributed by atoms with E-state index in [9.17, 15) is 0 Å². The lowest BCUT2D eigenvalue weighted by Gasteiger charge is -2.20. The molecule has 0 aliphatic carbocycles. The average molecular weight is 193 g/mol. The van der Waals surface area contributed by atoms with Gasteiger partial charge in [0.25, 0.3) is 0 Å². The lowest BCUT2D eigenvalue weighted by molar-refractivity contribution is 0.679. The molecular formula is C13H23N. The molecule has 1 nitrogen and oxygen atoms in total. The van der Waals surface area contributed by atoms with Gasteiger partial charge in [0.2, 0.25) is 0 Å².